The fraction of sp³-hybridized carbons (Fsp3) is 0.0714. The maximum atomic E-state index is 11.3. The lowest BCUT2D eigenvalue weighted by Crippen LogP contribution is -2.01. The van der Waals surface area contributed by atoms with Gasteiger partial charge in [-0.2, -0.15) is 0 Å². The van der Waals surface area contributed by atoms with Gasteiger partial charge >= 0.3 is 5.97 Å². The molecule has 0 saturated heterocycles. The van der Waals surface area contributed by atoms with Crippen molar-refractivity contribution < 1.29 is 14.6 Å². The number of aromatic carboxylic acids is 1. The van der Waals surface area contributed by atoms with Gasteiger partial charge in [-0.3, -0.25) is 0 Å². The molecular weight excluding hydrogens is 376 g/mol. The molecule has 0 unspecified atom stereocenters. The second-order valence-corrected chi connectivity index (χ2v) is 5.70. The molecule has 0 spiro atoms. The van der Waals surface area contributed by atoms with E-state index in [1.807, 2.05) is 19.1 Å². The largest absolute Gasteiger partial charge is 0.478 e. The highest BCUT2D eigenvalue weighted by Crippen LogP contribution is 2.32. The molecule has 0 amide bonds. The zero-order valence-electron chi connectivity index (χ0n) is 9.98. The smallest absolute Gasteiger partial charge is 0.340 e. The third-order valence-electron chi connectivity index (χ3n) is 2.55. The summed E-state index contributed by atoms with van der Waals surface area (Å²) in [7, 11) is 0. The van der Waals surface area contributed by atoms with Crippen LogP contribution in [-0.4, -0.2) is 11.1 Å². The Kier molecular flexibility index (Phi) is 4.27. The van der Waals surface area contributed by atoms with Crippen LogP contribution in [-0.2, 0) is 0 Å². The molecule has 0 heterocycles. The van der Waals surface area contributed by atoms with E-state index >= 15 is 0 Å². The summed E-state index contributed by atoms with van der Waals surface area (Å²) < 4.78 is 7.15. The Bertz CT molecular complexity index is 639. The van der Waals surface area contributed by atoms with Crippen LogP contribution in [0.5, 0.6) is 11.5 Å². The van der Waals surface area contributed by atoms with Gasteiger partial charge in [-0.15, -0.1) is 0 Å². The summed E-state index contributed by atoms with van der Waals surface area (Å²) >= 11 is 6.60. The van der Waals surface area contributed by atoms with Gasteiger partial charge in [0.15, 0.2) is 0 Å². The van der Waals surface area contributed by atoms with Crippen LogP contribution >= 0.6 is 31.9 Å². The molecule has 2 rings (SSSR count). The second kappa shape index (κ2) is 5.75. The Balaban J connectivity index is 2.44. The van der Waals surface area contributed by atoms with Crippen molar-refractivity contribution in [1.29, 1.82) is 0 Å². The Labute approximate surface area is 127 Å². The van der Waals surface area contributed by atoms with Gasteiger partial charge in [0.05, 0.1) is 0 Å². The van der Waals surface area contributed by atoms with Gasteiger partial charge in [0.1, 0.15) is 17.1 Å². The van der Waals surface area contributed by atoms with Gasteiger partial charge in [0.2, 0.25) is 0 Å². The van der Waals surface area contributed by atoms with E-state index in [4.69, 9.17) is 4.74 Å². The summed E-state index contributed by atoms with van der Waals surface area (Å²) in [5.41, 5.74) is 1.04. The van der Waals surface area contributed by atoms with E-state index < -0.39 is 5.97 Å². The third-order valence-corrected chi connectivity index (χ3v) is 3.70. The molecular formula is C14H10Br2O3. The van der Waals surface area contributed by atoms with Crippen LogP contribution in [0.15, 0.2) is 45.3 Å². The molecule has 19 heavy (non-hydrogen) atoms. The Morgan fingerprint density at radius 1 is 1.16 bits per heavy atom. The Hall–Kier alpha value is -1.33. The van der Waals surface area contributed by atoms with Crippen LogP contribution in [0, 0.1) is 6.92 Å². The highest BCUT2D eigenvalue weighted by molar-refractivity contribution is 9.10. The van der Waals surface area contributed by atoms with Crippen molar-refractivity contribution in [3.63, 3.8) is 0 Å². The molecule has 0 aliphatic rings. The third kappa shape index (κ3) is 3.16. The first-order chi connectivity index (χ1) is 8.99. The summed E-state index contributed by atoms with van der Waals surface area (Å²) in [5, 5.41) is 9.22. The average Bonchev–Trinajstić information content (AvgIpc) is 2.32. The molecule has 0 fully saturated rings. The highest BCUT2D eigenvalue weighted by atomic mass is 79.9. The number of rotatable bonds is 3. The van der Waals surface area contributed by atoms with Crippen LogP contribution in [0.25, 0.3) is 0 Å². The molecule has 2 aromatic rings. The lowest BCUT2D eigenvalue weighted by atomic mass is 10.2. The first-order valence-electron chi connectivity index (χ1n) is 5.45. The molecule has 0 atom stereocenters. The van der Waals surface area contributed by atoms with Crippen LogP contribution < -0.4 is 4.74 Å². The van der Waals surface area contributed by atoms with Gasteiger partial charge in [-0.05, 0) is 58.7 Å². The van der Waals surface area contributed by atoms with E-state index in [1.54, 1.807) is 24.3 Å². The topological polar surface area (TPSA) is 46.5 Å². The number of halogens is 2. The summed E-state index contributed by atoms with van der Waals surface area (Å²) in [4.78, 5) is 11.3. The molecule has 2 aromatic carbocycles. The number of ether oxygens (including phenoxy) is 1. The predicted octanol–water partition coefficient (Wildman–Crippen LogP) is 5.01. The van der Waals surface area contributed by atoms with Crippen molar-refractivity contribution in [3.05, 3.63) is 56.5 Å². The molecule has 5 heteroatoms. The zero-order valence-corrected chi connectivity index (χ0v) is 13.2. The maximum absolute atomic E-state index is 11.3. The van der Waals surface area contributed by atoms with E-state index in [2.05, 4.69) is 31.9 Å². The molecule has 1 N–H and O–H groups in total. The monoisotopic (exact) mass is 384 g/mol. The number of carboxylic acid groups (broad SMARTS) is 1. The van der Waals surface area contributed by atoms with E-state index in [0.29, 0.717) is 16.0 Å². The van der Waals surface area contributed by atoms with Crippen molar-refractivity contribution in [2.24, 2.45) is 0 Å². The van der Waals surface area contributed by atoms with Crippen LogP contribution in [0.4, 0.5) is 0 Å². The number of hydrogen-bond donors (Lipinski definition) is 1. The number of carboxylic acids is 1. The van der Waals surface area contributed by atoms with Crippen LogP contribution in [0.1, 0.15) is 15.9 Å². The van der Waals surface area contributed by atoms with Crippen molar-refractivity contribution in [1.82, 2.24) is 0 Å². The van der Waals surface area contributed by atoms with Crippen LogP contribution in [0.2, 0.25) is 0 Å². The van der Waals surface area contributed by atoms with Crippen LogP contribution in [0.3, 0.4) is 0 Å². The molecule has 3 nitrogen and oxygen atoms in total. The van der Waals surface area contributed by atoms with Gasteiger partial charge in [-0.1, -0.05) is 22.0 Å². The van der Waals surface area contributed by atoms with Gasteiger partial charge in [0, 0.05) is 8.95 Å². The van der Waals surface area contributed by atoms with E-state index in [0.717, 1.165) is 10.0 Å². The van der Waals surface area contributed by atoms with E-state index in [9.17, 15) is 9.90 Å². The lowest BCUT2D eigenvalue weighted by molar-refractivity contribution is 0.0693. The average molecular weight is 386 g/mol. The number of benzene rings is 2. The first kappa shape index (κ1) is 14.1. The van der Waals surface area contributed by atoms with Gasteiger partial charge < -0.3 is 9.84 Å². The Morgan fingerprint density at radius 3 is 2.53 bits per heavy atom. The van der Waals surface area contributed by atoms with Crippen molar-refractivity contribution in [2.75, 3.05) is 0 Å². The second-order valence-electron chi connectivity index (χ2n) is 3.93. The highest BCUT2D eigenvalue weighted by Gasteiger charge is 2.16. The molecule has 0 saturated carbocycles. The van der Waals surface area contributed by atoms with E-state index in [1.165, 1.54) is 0 Å². The fourth-order valence-corrected chi connectivity index (χ4v) is 2.64. The van der Waals surface area contributed by atoms with Crippen molar-refractivity contribution in [2.45, 2.75) is 6.92 Å². The lowest BCUT2D eigenvalue weighted by Gasteiger charge is -2.12. The number of aryl methyl sites for hydroxylation is 1. The normalized spacial score (nSPS) is 10.3. The molecule has 0 aliphatic heterocycles. The first-order valence-corrected chi connectivity index (χ1v) is 7.03. The minimum atomic E-state index is -1.03. The molecule has 0 aromatic heterocycles. The van der Waals surface area contributed by atoms with Gasteiger partial charge in [-0.25, -0.2) is 4.79 Å². The molecule has 0 radical (unpaired) electrons. The fourth-order valence-electron chi connectivity index (χ4n) is 1.64. The summed E-state index contributed by atoms with van der Waals surface area (Å²) in [5.74, 6) is -0.0895. The molecule has 0 aliphatic carbocycles. The summed E-state index contributed by atoms with van der Waals surface area (Å²) in [6.07, 6.45) is 0. The minimum Gasteiger partial charge on any atom is -0.478 e. The predicted molar refractivity (Wildman–Crippen MR) is 80.1 cm³/mol. The van der Waals surface area contributed by atoms with Gasteiger partial charge in [0.25, 0.3) is 0 Å². The van der Waals surface area contributed by atoms with Crippen molar-refractivity contribution >= 4 is 37.8 Å². The molecule has 0 bridgehead atoms. The maximum Gasteiger partial charge on any atom is 0.340 e. The SMILES string of the molecule is Cc1cc(Br)ccc1Oc1cccc(Br)c1C(=O)O. The summed E-state index contributed by atoms with van der Waals surface area (Å²) in [6, 6.07) is 10.6. The Morgan fingerprint density at radius 2 is 1.89 bits per heavy atom. The summed E-state index contributed by atoms with van der Waals surface area (Å²) in [6.45, 7) is 1.90. The van der Waals surface area contributed by atoms with Crippen molar-refractivity contribution in [3.8, 4) is 11.5 Å². The minimum absolute atomic E-state index is 0.116. The molecule has 98 valence electrons. The zero-order chi connectivity index (χ0) is 14.0. The quantitative estimate of drug-likeness (QED) is 0.807. The standard InChI is InChI=1S/C14H10Br2O3/c1-8-7-9(15)5-6-11(8)19-12-4-2-3-10(16)13(12)14(17)18/h2-7H,1H3,(H,17,18). The number of carbonyl (C=O) groups is 1. The number of hydrogen-bond acceptors (Lipinski definition) is 2. The van der Waals surface area contributed by atoms with E-state index in [-0.39, 0.29) is 5.56 Å².